The third kappa shape index (κ3) is 2.77. The van der Waals surface area contributed by atoms with E-state index in [0.29, 0.717) is 24.4 Å². The number of carbonyl (C=O) groups excluding carboxylic acids is 1. The van der Waals surface area contributed by atoms with Crippen molar-refractivity contribution in [2.75, 3.05) is 16.8 Å². The van der Waals surface area contributed by atoms with Crippen molar-refractivity contribution in [3.05, 3.63) is 73.2 Å². The van der Waals surface area contributed by atoms with Gasteiger partial charge in [0.1, 0.15) is 18.2 Å². The van der Waals surface area contributed by atoms with Crippen LogP contribution in [-0.2, 0) is 4.79 Å². The van der Waals surface area contributed by atoms with E-state index in [9.17, 15) is 4.79 Å². The van der Waals surface area contributed by atoms with Crippen molar-refractivity contribution < 1.29 is 4.79 Å². The molecular formula is C21H18N6O. The quantitative estimate of drug-likeness (QED) is 0.598. The lowest BCUT2D eigenvalue weighted by molar-refractivity contribution is -0.117. The second kappa shape index (κ2) is 6.77. The molecule has 4 aromatic rings. The van der Waals surface area contributed by atoms with Crippen LogP contribution in [0.5, 0.6) is 0 Å². The summed E-state index contributed by atoms with van der Waals surface area (Å²) in [6.07, 6.45) is 3.95. The zero-order chi connectivity index (χ0) is 18.9. The number of amides is 1. The Balaban J connectivity index is 1.43. The molecule has 3 heterocycles. The highest BCUT2D eigenvalue weighted by Gasteiger charge is 2.33. The van der Waals surface area contributed by atoms with Crippen molar-refractivity contribution in [2.24, 2.45) is 0 Å². The van der Waals surface area contributed by atoms with E-state index in [1.165, 1.54) is 6.33 Å². The van der Waals surface area contributed by atoms with Crippen LogP contribution >= 0.6 is 0 Å². The summed E-state index contributed by atoms with van der Waals surface area (Å²) < 4.78 is 1.77. The number of fused-ring (bicyclic) bond motifs is 1. The van der Waals surface area contributed by atoms with Gasteiger partial charge in [-0.25, -0.2) is 14.6 Å². The molecule has 1 saturated heterocycles. The molecule has 1 aliphatic rings. The third-order valence-corrected chi connectivity index (χ3v) is 4.95. The molecule has 0 bridgehead atoms. The number of anilines is 2. The van der Waals surface area contributed by atoms with E-state index in [-0.39, 0.29) is 11.9 Å². The van der Waals surface area contributed by atoms with E-state index in [1.54, 1.807) is 10.9 Å². The topological polar surface area (TPSA) is 75.9 Å². The summed E-state index contributed by atoms with van der Waals surface area (Å²) in [5.41, 5.74) is 2.55. The second-order valence-corrected chi connectivity index (χ2v) is 6.66. The van der Waals surface area contributed by atoms with Gasteiger partial charge in [-0.3, -0.25) is 4.79 Å². The van der Waals surface area contributed by atoms with E-state index in [1.807, 2.05) is 65.6 Å². The average Bonchev–Trinajstić information content (AvgIpc) is 3.34. The van der Waals surface area contributed by atoms with Crippen LogP contribution in [0.4, 0.5) is 11.5 Å². The van der Waals surface area contributed by atoms with Crippen molar-refractivity contribution in [3.63, 3.8) is 0 Å². The molecule has 7 heteroatoms. The predicted molar refractivity (Wildman–Crippen MR) is 107 cm³/mol. The predicted octanol–water partition coefficient (Wildman–Crippen LogP) is 3.03. The van der Waals surface area contributed by atoms with E-state index < -0.39 is 0 Å². The zero-order valence-electron chi connectivity index (χ0n) is 15.1. The SMILES string of the molecule is O=C1C(Nc2ncnc3c2cnn3-c2ccccc2)CCN1c1ccccc1. The van der Waals surface area contributed by atoms with Crippen LogP contribution in [-0.4, -0.2) is 38.2 Å². The highest BCUT2D eigenvalue weighted by molar-refractivity contribution is 6.02. The highest BCUT2D eigenvalue weighted by Crippen LogP contribution is 2.26. The van der Waals surface area contributed by atoms with Crippen LogP contribution < -0.4 is 10.2 Å². The van der Waals surface area contributed by atoms with Gasteiger partial charge in [-0.15, -0.1) is 0 Å². The van der Waals surface area contributed by atoms with Crippen molar-refractivity contribution in [1.82, 2.24) is 19.7 Å². The molecule has 7 nitrogen and oxygen atoms in total. The summed E-state index contributed by atoms with van der Waals surface area (Å²) in [6.45, 7) is 0.679. The van der Waals surface area contributed by atoms with Gasteiger partial charge in [0.15, 0.2) is 5.65 Å². The van der Waals surface area contributed by atoms with Gasteiger partial charge in [0.25, 0.3) is 0 Å². The number of nitrogens with one attached hydrogen (secondary N) is 1. The van der Waals surface area contributed by atoms with Crippen molar-refractivity contribution >= 4 is 28.4 Å². The Bertz CT molecular complexity index is 1130. The first kappa shape index (κ1) is 16.4. The Kier molecular flexibility index (Phi) is 3.97. The summed E-state index contributed by atoms with van der Waals surface area (Å²) in [5.74, 6) is 0.675. The summed E-state index contributed by atoms with van der Waals surface area (Å²) in [4.78, 5) is 23.4. The molecule has 1 atom stereocenters. The van der Waals surface area contributed by atoms with E-state index in [0.717, 1.165) is 16.8 Å². The second-order valence-electron chi connectivity index (χ2n) is 6.66. The molecule has 2 aromatic heterocycles. The van der Waals surface area contributed by atoms with Gasteiger partial charge in [-0.05, 0) is 30.7 Å². The zero-order valence-corrected chi connectivity index (χ0v) is 15.1. The minimum atomic E-state index is -0.321. The summed E-state index contributed by atoms with van der Waals surface area (Å²) in [6, 6.07) is 19.2. The largest absolute Gasteiger partial charge is 0.358 e. The van der Waals surface area contributed by atoms with Crippen LogP contribution in [0.1, 0.15) is 6.42 Å². The maximum atomic E-state index is 12.9. The number of aromatic nitrogens is 4. The molecule has 1 unspecified atom stereocenters. The molecule has 2 aromatic carbocycles. The fraction of sp³-hybridized carbons (Fsp3) is 0.143. The third-order valence-electron chi connectivity index (χ3n) is 4.95. The van der Waals surface area contributed by atoms with Gasteiger partial charge in [0, 0.05) is 12.2 Å². The minimum absolute atomic E-state index is 0.0495. The maximum absolute atomic E-state index is 12.9. The molecule has 28 heavy (non-hydrogen) atoms. The molecule has 0 aliphatic carbocycles. The van der Waals surface area contributed by atoms with Gasteiger partial charge < -0.3 is 10.2 Å². The summed E-state index contributed by atoms with van der Waals surface area (Å²) in [5, 5.41) is 8.55. The van der Waals surface area contributed by atoms with Crippen LogP contribution in [0.3, 0.4) is 0 Å². The monoisotopic (exact) mass is 370 g/mol. The van der Waals surface area contributed by atoms with Crippen molar-refractivity contribution in [1.29, 1.82) is 0 Å². The van der Waals surface area contributed by atoms with Crippen LogP contribution in [0.2, 0.25) is 0 Å². The normalized spacial score (nSPS) is 16.6. The van der Waals surface area contributed by atoms with Gasteiger partial charge in [0.05, 0.1) is 17.3 Å². The van der Waals surface area contributed by atoms with Crippen molar-refractivity contribution in [2.45, 2.75) is 12.5 Å². The summed E-state index contributed by atoms with van der Waals surface area (Å²) >= 11 is 0. The lowest BCUT2D eigenvalue weighted by Gasteiger charge is -2.17. The van der Waals surface area contributed by atoms with Crippen LogP contribution in [0.15, 0.2) is 73.2 Å². The molecule has 138 valence electrons. The number of carbonyl (C=O) groups is 1. The van der Waals surface area contributed by atoms with Crippen LogP contribution in [0.25, 0.3) is 16.7 Å². The standard InChI is InChI=1S/C21H18N6O/c28-21-18(11-12-26(21)15-7-3-1-4-8-15)25-19-17-13-24-27(20(17)23-14-22-19)16-9-5-2-6-10-16/h1-10,13-14,18H,11-12H2,(H,22,23,25). The molecule has 1 fully saturated rings. The number of hydrogen-bond acceptors (Lipinski definition) is 5. The van der Waals surface area contributed by atoms with Gasteiger partial charge >= 0.3 is 0 Å². The van der Waals surface area contributed by atoms with E-state index >= 15 is 0 Å². The molecule has 0 spiro atoms. The molecule has 1 aliphatic heterocycles. The van der Waals surface area contributed by atoms with Gasteiger partial charge in [-0.1, -0.05) is 36.4 Å². The Morgan fingerprint density at radius 2 is 1.64 bits per heavy atom. The first-order valence-electron chi connectivity index (χ1n) is 9.18. The van der Waals surface area contributed by atoms with Gasteiger partial charge in [0.2, 0.25) is 5.91 Å². The number of benzene rings is 2. The Labute approximate surface area is 161 Å². The lowest BCUT2D eigenvalue weighted by atomic mass is 10.2. The van der Waals surface area contributed by atoms with Crippen LogP contribution in [0, 0.1) is 0 Å². The lowest BCUT2D eigenvalue weighted by Crippen LogP contribution is -2.33. The average molecular weight is 370 g/mol. The first-order chi connectivity index (χ1) is 13.8. The fourth-order valence-corrected chi connectivity index (χ4v) is 3.56. The molecular weight excluding hydrogens is 352 g/mol. The van der Waals surface area contributed by atoms with Gasteiger partial charge in [-0.2, -0.15) is 5.10 Å². The summed E-state index contributed by atoms with van der Waals surface area (Å²) in [7, 11) is 0. The molecule has 1 N–H and O–H groups in total. The minimum Gasteiger partial charge on any atom is -0.358 e. The number of rotatable bonds is 4. The number of nitrogens with zero attached hydrogens (tertiary/aromatic N) is 5. The van der Waals surface area contributed by atoms with Crippen molar-refractivity contribution in [3.8, 4) is 5.69 Å². The fourth-order valence-electron chi connectivity index (χ4n) is 3.56. The smallest absolute Gasteiger partial charge is 0.249 e. The Morgan fingerprint density at radius 3 is 2.39 bits per heavy atom. The molecule has 0 saturated carbocycles. The number of para-hydroxylation sites is 2. The first-order valence-corrected chi connectivity index (χ1v) is 9.18. The maximum Gasteiger partial charge on any atom is 0.249 e. The van der Waals surface area contributed by atoms with E-state index in [2.05, 4.69) is 20.4 Å². The molecule has 5 rings (SSSR count). The highest BCUT2D eigenvalue weighted by atomic mass is 16.2. The Hall–Kier alpha value is -3.74. The van der Waals surface area contributed by atoms with E-state index in [4.69, 9.17) is 0 Å². The molecule has 0 radical (unpaired) electrons. The number of hydrogen-bond donors (Lipinski definition) is 1. The molecule has 1 amide bonds. The Morgan fingerprint density at radius 1 is 0.929 bits per heavy atom.